The van der Waals surface area contributed by atoms with Crippen LogP contribution in [-0.4, -0.2) is 41.9 Å². The molecule has 110 valence electrons. The molecule has 0 spiro atoms. The predicted molar refractivity (Wildman–Crippen MR) is 85.4 cm³/mol. The number of hydrogen-bond donors (Lipinski definition) is 0. The fourth-order valence-electron chi connectivity index (χ4n) is 1.66. The second-order valence-corrected chi connectivity index (χ2v) is 5.71. The van der Waals surface area contributed by atoms with Gasteiger partial charge in [0.25, 0.3) is 0 Å². The average Bonchev–Trinajstić information content (AvgIpc) is 2.93. The number of hydrogen-bond acceptors (Lipinski definition) is 6. The van der Waals surface area contributed by atoms with Gasteiger partial charge in [0.2, 0.25) is 0 Å². The molecule has 22 heavy (non-hydrogen) atoms. The first kappa shape index (κ1) is 19.0. The van der Waals surface area contributed by atoms with Crippen molar-refractivity contribution in [2.75, 3.05) is 24.7 Å². The van der Waals surface area contributed by atoms with Gasteiger partial charge in [0.05, 0.1) is 34.6 Å². The third kappa shape index (κ3) is 5.61. The van der Waals surface area contributed by atoms with Gasteiger partial charge < -0.3 is 14.8 Å². The van der Waals surface area contributed by atoms with Crippen molar-refractivity contribution in [3.05, 3.63) is 42.3 Å². The summed E-state index contributed by atoms with van der Waals surface area (Å²) in [6.45, 7) is 0. The van der Waals surface area contributed by atoms with Crippen LogP contribution >= 0.6 is 11.8 Å². The van der Waals surface area contributed by atoms with Gasteiger partial charge in [-0.25, -0.2) is 0 Å². The molecule has 1 aliphatic heterocycles. The van der Waals surface area contributed by atoms with Crippen molar-refractivity contribution in [3.63, 3.8) is 0 Å². The molecule has 1 aromatic rings. The minimum absolute atomic E-state index is 0. The number of pyridine rings is 1. The molecule has 0 saturated heterocycles. The van der Waals surface area contributed by atoms with E-state index in [1.54, 1.807) is 6.08 Å². The van der Waals surface area contributed by atoms with E-state index in [9.17, 15) is 9.90 Å². The van der Waals surface area contributed by atoms with Gasteiger partial charge in [-0.2, -0.15) is 0 Å². The van der Waals surface area contributed by atoms with Gasteiger partial charge >= 0.3 is 29.6 Å². The Hall–Kier alpha value is -1.08. The summed E-state index contributed by atoms with van der Waals surface area (Å²) in [5, 5.41) is 11.4. The number of aliphatic carboxylic acids is 1. The van der Waals surface area contributed by atoms with Gasteiger partial charge in [-0.3, -0.25) is 9.98 Å². The summed E-state index contributed by atoms with van der Waals surface area (Å²) < 4.78 is 0. The summed E-state index contributed by atoms with van der Waals surface area (Å²) in [7, 11) is 3.93. The van der Waals surface area contributed by atoms with Crippen molar-refractivity contribution in [2.45, 2.75) is 6.04 Å². The summed E-state index contributed by atoms with van der Waals surface area (Å²) in [5.74, 6) is -0.675. The van der Waals surface area contributed by atoms with Crippen LogP contribution in [0.4, 0.5) is 5.69 Å². The number of nitrogens with zero attached hydrogens (tertiary/aromatic N) is 3. The van der Waals surface area contributed by atoms with Crippen LogP contribution < -0.4 is 39.6 Å². The van der Waals surface area contributed by atoms with E-state index in [2.05, 4.69) is 9.98 Å². The van der Waals surface area contributed by atoms with E-state index in [1.165, 1.54) is 11.8 Å². The number of carbonyl (C=O) groups excluding carboxylic acids is 1. The first-order valence-electron chi connectivity index (χ1n) is 6.46. The fraction of sp³-hybridized carbons (Fsp3) is 0.267. The standard InChI is InChI=1S/C15H17N3O2S.Na/c1-18(2)12-8-7-11(16-9-12)5-3-4-6-14-17-13(10-21-14)15(19)20;/h3-9,13H,10H2,1-2H3,(H,19,20);/q;+1/p-1/b5-3+,6-4+;/t13-;/m1./s1. The van der Waals surface area contributed by atoms with Crippen LogP contribution in [0.25, 0.3) is 6.08 Å². The van der Waals surface area contributed by atoms with E-state index in [0.717, 1.165) is 11.4 Å². The molecule has 1 aromatic heterocycles. The molecule has 0 bridgehead atoms. The maximum atomic E-state index is 10.7. The maximum absolute atomic E-state index is 10.7. The SMILES string of the molecule is CN(C)c1ccc(/C=C/C=C/C2=N[C@@H](C(=O)[O-])CS2)nc1.[Na+]. The number of anilines is 1. The monoisotopic (exact) mass is 325 g/mol. The molecule has 2 heterocycles. The minimum atomic E-state index is -1.12. The Morgan fingerprint density at radius 1 is 1.36 bits per heavy atom. The number of allylic oxidation sites excluding steroid dienone is 2. The van der Waals surface area contributed by atoms with Gasteiger partial charge in [0.1, 0.15) is 0 Å². The van der Waals surface area contributed by atoms with Crippen molar-refractivity contribution in [3.8, 4) is 0 Å². The first-order chi connectivity index (χ1) is 10.1. The number of thioether (sulfide) groups is 1. The molecule has 0 saturated carbocycles. The Morgan fingerprint density at radius 2 is 2.09 bits per heavy atom. The van der Waals surface area contributed by atoms with E-state index in [1.807, 2.05) is 55.6 Å². The smallest absolute Gasteiger partial charge is 0.548 e. The zero-order chi connectivity index (χ0) is 15.2. The molecular weight excluding hydrogens is 309 g/mol. The molecule has 0 radical (unpaired) electrons. The van der Waals surface area contributed by atoms with Gasteiger partial charge in [-0.05, 0) is 24.3 Å². The Kier molecular flexibility index (Phi) is 7.89. The molecule has 0 N–H and O–H groups in total. The Morgan fingerprint density at radius 3 is 2.64 bits per heavy atom. The molecule has 5 nitrogen and oxygen atoms in total. The summed E-state index contributed by atoms with van der Waals surface area (Å²) in [6, 6.07) is 3.21. The van der Waals surface area contributed by atoms with E-state index in [-0.39, 0.29) is 29.6 Å². The predicted octanol–water partition coefficient (Wildman–Crippen LogP) is -2.02. The molecule has 7 heteroatoms. The Bertz CT molecular complexity index is 597. The van der Waals surface area contributed by atoms with Crippen LogP contribution in [0.3, 0.4) is 0 Å². The van der Waals surface area contributed by atoms with E-state index in [0.29, 0.717) is 10.8 Å². The Labute approximate surface area is 156 Å². The van der Waals surface area contributed by atoms with Crippen LogP contribution in [0.15, 0.2) is 41.6 Å². The minimum Gasteiger partial charge on any atom is -0.548 e. The molecular formula is C15H16N3NaO2S. The van der Waals surface area contributed by atoms with E-state index >= 15 is 0 Å². The number of aliphatic imine (C=N–C) groups is 1. The molecule has 0 aromatic carbocycles. The molecule has 1 aliphatic rings. The molecule has 1 atom stereocenters. The van der Waals surface area contributed by atoms with Gasteiger partial charge in [-0.15, -0.1) is 11.8 Å². The summed E-state index contributed by atoms with van der Waals surface area (Å²) in [4.78, 5) is 21.0. The van der Waals surface area contributed by atoms with Crippen molar-refractivity contribution in [1.29, 1.82) is 0 Å². The first-order valence-corrected chi connectivity index (χ1v) is 7.44. The summed E-state index contributed by atoms with van der Waals surface area (Å²) >= 11 is 1.42. The van der Waals surface area contributed by atoms with Crippen molar-refractivity contribution in [2.24, 2.45) is 4.99 Å². The van der Waals surface area contributed by atoms with Gasteiger partial charge in [-0.1, -0.05) is 12.2 Å². The second kappa shape index (κ2) is 9.15. The molecule has 0 aliphatic carbocycles. The number of carbonyl (C=O) groups is 1. The maximum Gasteiger partial charge on any atom is 1.00 e. The van der Waals surface area contributed by atoms with Crippen LogP contribution in [0.5, 0.6) is 0 Å². The number of aromatic nitrogens is 1. The molecule has 0 unspecified atom stereocenters. The zero-order valence-corrected chi connectivity index (χ0v) is 15.7. The third-order valence-electron chi connectivity index (χ3n) is 2.85. The second-order valence-electron chi connectivity index (χ2n) is 4.67. The van der Waals surface area contributed by atoms with Crippen LogP contribution in [-0.2, 0) is 4.79 Å². The van der Waals surface area contributed by atoms with Crippen molar-refractivity contribution in [1.82, 2.24) is 4.98 Å². The number of carboxylic acid groups (broad SMARTS) is 1. The normalized spacial score (nSPS) is 17.5. The average molecular weight is 325 g/mol. The van der Waals surface area contributed by atoms with Crippen molar-refractivity contribution >= 4 is 34.5 Å². The van der Waals surface area contributed by atoms with Crippen LogP contribution in [0.1, 0.15) is 5.69 Å². The summed E-state index contributed by atoms with van der Waals surface area (Å²) in [5.41, 5.74) is 1.91. The fourth-order valence-corrected chi connectivity index (χ4v) is 2.57. The van der Waals surface area contributed by atoms with Crippen LogP contribution in [0.2, 0.25) is 0 Å². The quantitative estimate of drug-likeness (QED) is 0.462. The Balaban J connectivity index is 0.00000242. The van der Waals surface area contributed by atoms with E-state index < -0.39 is 12.0 Å². The van der Waals surface area contributed by atoms with Gasteiger partial charge in [0.15, 0.2) is 0 Å². The number of carboxylic acids is 1. The molecule has 0 amide bonds. The third-order valence-corrected chi connectivity index (χ3v) is 3.87. The summed E-state index contributed by atoms with van der Waals surface area (Å²) in [6.07, 6.45) is 9.16. The number of rotatable bonds is 5. The molecule has 0 fully saturated rings. The molecule has 2 rings (SSSR count). The zero-order valence-electron chi connectivity index (χ0n) is 12.9. The largest absolute Gasteiger partial charge is 1.00 e. The van der Waals surface area contributed by atoms with Gasteiger partial charge in [0, 0.05) is 19.8 Å². The van der Waals surface area contributed by atoms with E-state index in [4.69, 9.17) is 0 Å². The van der Waals surface area contributed by atoms with Crippen LogP contribution in [0, 0.1) is 0 Å². The topological polar surface area (TPSA) is 68.6 Å². The van der Waals surface area contributed by atoms with Crippen molar-refractivity contribution < 1.29 is 39.5 Å².